The van der Waals surface area contributed by atoms with Crippen LogP contribution in [0.4, 0.5) is 5.82 Å². The summed E-state index contributed by atoms with van der Waals surface area (Å²) in [6.45, 7) is 7.19. The van der Waals surface area contributed by atoms with Crippen LogP contribution in [-0.2, 0) is 18.7 Å². The van der Waals surface area contributed by atoms with Gasteiger partial charge in [-0.2, -0.15) is 10.2 Å². The van der Waals surface area contributed by atoms with Gasteiger partial charge in [-0.15, -0.1) is 0 Å². The highest BCUT2D eigenvalue weighted by Gasteiger charge is 2.14. The van der Waals surface area contributed by atoms with Crippen molar-refractivity contribution in [2.45, 2.75) is 39.5 Å². The number of hydrogen-bond donors (Lipinski definition) is 1. The van der Waals surface area contributed by atoms with Crippen molar-refractivity contribution >= 4 is 34.9 Å². The first-order chi connectivity index (χ1) is 16.2. The summed E-state index contributed by atoms with van der Waals surface area (Å²) < 4.78 is 9.05. The highest BCUT2D eigenvalue weighted by Crippen LogP contribution is 2.25. The van der Waals surface area contributed by atoms with Crippen molar-refractivity contribution in [3.63, 3.8) is 0 Å². The van der Waals surface area contributed by atoms with Crippen LogP contribution in [-0.4, -0.2) is 25.5 Å². The van der Waals surface area contributed by atoms with E-state index in [2.05, 4.69) is 48.4 Å². The summed E-state index contributed by atoms with van der Waals surface area (Å²) in [5.41, 5.74) is 2.53. The van der Waals surface area contributed by atoms with Gasteiger partial charge < -0.3 is 10.1 Å². The van der Waals surface area contributed by atoms with Gasteiger partial charge in [-0.3, -0.25) is 9.48 Å². The number of amides is 1. The lowest BCUT2D eigenvalue weighted by Crippen LogP contribution is -2.15. The van der Waals surface area contributed by atoms with Gasteiger partial charge in [0.05, 0.1) is 16.6 Å². The fourth-order valence-corrected chi connectivity index (χ4v) is 3.59. The average Bonchev–Trinajstić information content (AvgIpc) is 3.44. The molecular weight excluding hydrogens is 473 g/mol. The van der Waals surface area contributed by atoms with E-state index < -0.39 is 0 Å². The van der Waals surface area contributed by atoms with E-state index in [1.807, 2.05) is 18.2 Å². The number of rotatable bonds is 7. The number of nitrogens with one attached hydrogen (secondary N) is 1. The maximum atomic E-state index is 12.6. The van der Waals surface area contributed by atoms with Crippen molar-refractivity contribution in [3.8, 4) is 5.75 Å². The van der Waals surface area contributed by atoms with E-state index in [0.29, 0.717) is 22.4 Å². The van der Waals surface area contributed by atoms with Crippen LogP contribution >= 0.6 is 23.2 Å². The van der Waals surface area contributed by atoms with Gasteiger partial charge in [-0.25, -0.2) is 4.68 Å². The van der Waals surface area contributed by atoms with Gasteiger partial charge in [-0.05, 0) is 46.9 Å². The van der Waals surface area contributed by atoms with Crippen LogP contribution in [0.2, 0.25) is 10.0 Å². The standard InChI is InChI=1S/C25H25Cl2N5O2/c1-25(2,3)18-5-7-19(8-6-18)34-16-32-12-10-22(29-32)24(33)28-23-11-13-31(30-23)15-17-4-9-20(26)21(27)14-17/h4-14H,15-16H2,1-3H3,(H,28,30,33). The lowest BCUT2D eigenvalue weighted by Gasteiger charge is -2.19. The molecule has 176 valence electrons. The summed E-state index contributed by atoms with van der Waals surface area (Å²) in [4.78, 5) is 12.6. The number of benzene rings is 2. The normalized spacial score (nSPS) is 11.4. The molecule has 0 bridgehead atoms. The summed E-state index contributed by atoms with van der Waals surface area (Å²) in [5, 5.41) is 12.4. The smallest absolute Gasteiger partial charge is 0.277 e. The minimum atomic E-state index is -0.354. The van der Waals surface area contributed by atoms with Crippen molar-refractivity contribution < 1.29 is 9.53 Å². The maximum absolute atomic E-state index is 12.6. The first kappa shape index (κ1) is 23.9. The molecule has 1 amide bonds. The Morgan fingerprint density at radius 3 is 2.38 bits per heavy atom. The predicted molar refractivity (Wildman–Crippen MR) is 134 cm³/mol. The third kappa shape index (κ3) is 5.98. The summed E-state index contributed by atoms with van der Waals surface area (Å²) in [6, 6.07) is 16.7. The summed E-state index contributed by atoms with van der Waals surface area (Å²) in [6.07, 6.45) is 3.47. The molecule has 2 aromatic carbocycles. The molecule has 34 heavy (non-hydrogen) atoms. The molecule has 0 aliphatic carbocycles. The van der Waals surface area contributed by atoms with E-state index >= 15 is 0 Å². The zero-order chi connectivity index (χ0) is 24.3. The van der Waals surface area contributed by atoms with Gasteiger partial charge in [0.1, 0.15) is 5.75 Å². The minimum absolute atomic E-state index is 0.0855. The molecule has 0 aliphatic rings. The number of carbonyl (C=O) groups is 1. The number of ether oxygens (including phenoxy) is 1. The molecular formula is C25H25Cl2N5O2. The predicted octanol–water partition coefficient (Wildman–Crippen LogP) is 6.02. The van der Waals surface area contributed by atoms with Crippen LogP contribution in [0, 0.1) is 0 Å². The van der Waals surface area contributed by atoms with Gasteiger partial charge in [0.2, 0.25) is 0 Å². The number of aromatic nitrogens is 4. The number of hydrogen-bond acceptors (Lipinski definition) is 4. The van der Waals surface area contributed by atoms with Crippen molar-refractivity contribution in [2.75, 3.05) is 5.32 Å². The second kappa shape index (κ2) is 9.91. The monoisotopic (exact) mass is 497 g/mol. The van der Waals surface area contributed by atoms with Crippen molar-refractivity contribution in [1.82, 2.24) is 19.6 Å². The van der Waals surface area contributed by atoms with Crippen LogP contribution in [0.3, 0.4) is 0 Å². The van der Waals surface area contributed by atoms with Crippen molar-refractivity contribution in [2.24, 2.45) is 0 Å². The second-order valence-corrected chi connectivity index (χ2v) is 9.70. The third-order valence-corrected chi connectivity index (χ3v) is 5.91. The lowest BCUT2D eigenvalue weighted by atomic mass is 9.87. The van der Waals surface area contributed by atoms with Gasteiger partial charge in [-0.1, -0.05) is 62.2 Å². The van der Waals surface area contributed by atoms with Crippen LogP contribution < -0.4 is 10.1 Å². The zero-order valence-electron chi connectivity index (χ0n) is 19.1. The van der Waals surface area contributed by atoms with Crippen LogP contribution in [0.5, 0.6) is 5.75 Å². The molecule has 0 spiro atoms. The molecule has 0 aliphatic heterocycles. The number of nitrogens with zero attached hydrogens (tertiary/aromatic N) is 4. The van der Waals surface area contributed by atoms with E-state index in [-0.39, 0.29) is 23.7 Å². The van der Waals surface area contributed by atoms with Crippen LogP contribution in [0.25, 0.3) is 0 Å². The topological polar surface area (TPSA) is 74.0 Å². The molecule has 0 saturated heterocycles. The minimum Gasteiger partial charge on any atom is -0.471 e. The summed E-state index contributed by atoms with van der Waals surface area (Å²) >= 11 is 12.0. The van der Waals surface area contributed by atoms with Crippen molar-refractivity contribution in [3.05, 3.63) is 93.9 Å². The maximum Gasteiger partial charge on any atom is 0.277 e. The Morgan fingerprint density at radius 2 is 1.68 bits per heavy atom. The van der Waals surface area contributed by atoms with Gasteiger partial charge >= 0.3 is 0 Å². The molecule has 0 saturated carbocycles. The van der Waals surface area contributed by atoms with Crippen molar-refractivity contribution in [1.29, 1.82) is 0 Å². The molecule has 2 aromatic heterocycles. The Morgan fingerprint density at radius 1 is 0.941 bits per heavy atom. The fraction of sp³-hybridized carbons (Fsp3) is 0.240. The van der Waals surface area contributed by atoms with E-state index in [9.17, 15) is 4.79 Å². The Kier molecular flexibility index (Phi) is 6.95. The van der Waals surface area contributed by atoms with Crippen LogP contribution in [0.1, 0.15) is 42.4 Å². The largest absolute Gasteiger partial charge is 0.471 e. The molecule has 0 unspecified atom stereocenters. The third-order valence-electron chi connectivity index (χ3n) is 5.17. The number of anilines is 1. The fourth-order valence-electron chi connectivity index (χ4n) is 3.27. The molecule has 2 heterocycles. The van der Waals surface area contributed by atoms with Gasteiger partial charge in [0.15, 0.2) is 18.2 Å². The quantitative estimate of drug-likeness (QED) is 0.338. The lowest BCUT2D eigenvalue weighted by molar-refractivity contribution is 0.101. The molecule has 0 atom stereocenters. The number of halogens is 2. The first-order valence-electron chi connectivity index (χ1n) is 10.7. The Hall–Kier alpha value is -3.29. The molecule has 4 rings (SSSR count). The van der Waals surface area contributed by atoms with E-state index in [4.69, 9.17) is 27.9 Å². The average molecular weight is 498 g/mol. The van der Waals surface area contributed by atoms with E-state index in [1.165, 1.54) is 5.56 Å². The highest BCUT2D eigenvalue weighted by molar-refractivity contribution is 6.42. The molecule has 7 nitrogen and oxygen atoms in total. The summed E-state index contributed by atoms with van der Waals surface area (Å²) in [7, 11) is 0. The number of carbonyl (C=O) groups excluding carboxylic acids is 1. The van der Waals surface area contributed by atoms with Gasteiger partial charge in [0, 0.05) is 18.5 Å². The SMILES string of the molecule is CC(C)(C)c1ccc(OCn2ccc(C(=O)Nc3ccn(Cc4ccc(Cl)c(Cl)c4)n3)n2)cc1. The zero-order valence-corrected chi connectivity index (χ0v) is 20.6. The second-order valence-electron chi connectivity index (χ2n) is 8.89. The van der Waals surface area contributed by atoms with Crippen LogP contribution in [0.15, 0.2) is 67.0 Å². The molecule has 1 N–H and O–H groups in total. The molecule has 9 heteroatoms. The van der Waals surface area contributed by atoms with E-state index in [1.54, 1.807) is 46.0 Å². The first-order valence-corrected chi connectivity index (χ1v) is 11.5. The molecule has 4 aromatic rings. The Bertz CT molecular complexity index is 1290. The van der Waals surface area contributed by atoms with E-state index in [0.717, 1.165) is 11.3 Å². The van der Waals surface area contributed by atoms with Gasteiger partial charge in [0.25, 0.3) is 5.91 Å². The molecule has 0 radical (unpaired) electrons. The Labute approximate surface area is 208 Å². The molecule has 0 fully saturated rings. The summed E-state index contributed by atoms with van der Waals surface area (Å²) in [5.74, 6) is 0.810. The highest BCUT2D eigenvalue weighted by atomic mass is 35.5. The Balaban J connectivity index is 1.31.